The average molecular weight is 345 g/mol. The van der Waals surface area contributed by atoms with Crippen molar-refractivity contribution in [1.29, 1.82) is 0 Å². The van der Waals surface area contributed by atoms with Crippen molar-refractivity contribution in [3.63, 3.8) is 0 Å². The third-order valence-electron chi connectivity index (χ3n) is 3.60. The summed E-state index contributed by atoms with van der Waals surface area (Å²) in [6.45, 7) is 3.76. The number of ether oxygens (including phenoxy) is 2. The van der Waals surface area contributed by atoms with E-state index in [0.29, 0.717) is 11.6 Å². The van der Waals surface area contributed by atoms with E-state index in [-0.39, 0.29) is 0 Å². The lowest BCUT2D eigenvalue weighted by Crippen LogP contribution is -2.16. The van der Waals surface area contributed by atoms with Crippen LogP contribution in [-0.2, 0) is 0 Å². The highest BCUT2D eigenvalue weighted by molar-refractivity contribution is 5.67. The van der Waals surface area contributed by atoms with Gasteiger partial charge in [0, 0.05) is 18.7 Å². The van der Waals surface area contributed by atoms with Gasteiger partial charge in [-0.05, 0) is 46.1 Å². The molecular weight excluding hydrogens is 318 g/mol. The molecule has 2 N–H and O–H groups in total. The maximum Gasteiger partial charge on any atom is 0.142 e. The van der Waals surface area contributed by atoms with Crippen LogP contribution in [0.3, 0.4) is 0 Å². The quantitative estimate of drug-likeness (QED) is 0.677. The Bertz CT molecular complexity index is 691. The molecule has 1 aromatic carbocycles. The molecule has 0 fully saturated rings. The molecule has 0 unspecified atom stereocenters. The number of methoxy groups -OCH3 is 2. The van der Waals surface area contributed by atoms with Gasteiger partial charge >= 0.3 is 0 Å². The van der Waals surface area contributed by atoms with Crippen molar-refractivity contribution >= 4 is 17.3 Å². The number of aryl methyl sites for hydroxylation is 1. The topological polar surface area (TPSA) is 71.5 Å². The number of nitrogens with zero attached hydrogens (tertiary/aromatic N) is 3. The van der Waals surface area contributed by atoms with Crippen LogP contribution in [0.5, 0.6) is 11.5 Å². The molecule has 0 spiro atoms. The summed E-state index contributed by atoms with van der Waals surface area (Å²) in [7, 11) is 7.41. The van der Waals surface area contributed by atoms with E-state index in [1.807, 2.05) is 31.2 Å². The van der Waals surface area contributed by atoms with Gasteiger partial charge in [0.05, 0.1) is 19.9 Å². The van der Waals surface area contributed by atoms with Gasteiger partial charge in [0.15, 0.2) is 0 Å². The maximum atomic E-state index is 5.40. The molecule has 1 aromatic heterocycles. The molecule has 0 amide bonds. The van der Waals surface area contributed by atoms with Crippen LogP contribution < -0.4 is 20.1 Å². The summed E-state index contributed by atoms with van der Waals surface area (Å²) < 4.78 is 10.7. The number of nitrogens with one attached hydrogen (secondary N) is 2. The van der Waals surface area contributed by atoms with Gasteiger partial charge in [0.25, 0.3) is 0 Å². The Labute approximate surface area is 149 Å². The third kappa shape index (κ3) is 5.79. The monoisotopic (exact) mass is 345 g/mol. The van der Waals surface area contributed by atoms with E-state index >= 15 is 0 Å². The van der Waals surface area contributed by atoms with Crippen molar-refractivity contribution < 1.29 is 9.47 Å². The molecule has 0 atom stereocenters. The van der Waals surface area contributed by atoms with Gasteiger partial charge in [-0.1, -0.05) is 0 Å². The van der Waals surface area contributed by atoms with Crippen molar-refractivity contribution in [3.8, 4) is 11.5 Å². The minimum Gasteiger partial charge on any atom is -0.497 e. The molecule has 0 aliphatic rings. The second-order valence-electron chi connectivity index (χ2n) is 5.96. The molecular formula is C18H27N5O2. The van der Waals surface area contributed by atoms with Gasteiger partial charge in [-0.2, -0.15) is 0 Å². The maximum absolute atomic E-state index is 5.40. The summed E-state index contributed by atoms with van der Waals surface area (Å²) in [4.78, 5) is 11.0. The first-order chi connectivity index (χ1) is 12.0. The van der Waals surface area contributed by atoms with Crippen LogP contribution in [0.2, 0.25) is 0 Å². The van der Waals surface area contributed by atoms with E-state index in [2.05, 4.69) is 39.6 Å². The van der Waals surface area contributed by atoms with Gasteiger partial charge < -0.3 is 25.0 Å². The Kier molecular flexibility index (Phi) is 6.82. The van der Waals surface area contributed by atoms with Crippen molar-refractivity contribution in [3.05, 3.63) is 30.1 Å². The molecule has 0 aliphatic heterocycles. The molecule has 2 aromatic rings. The van der Waals surface area contributed by atoms with Crippen LogP contribution >= 0.6 is 0 Å². The largest absolute Gasteiger partial charge is 0.497 e. The Balaban J connectivity index is 2.12. The van der Waals surface area contributed by atoms with E-state index in [4.69, 9.17) is 9.47 Å². The molecule has 136 valence electrons. The fourth-order valence-electron chi connectivity index (χ4n) is 2.38. The second kappa shape index (κ2) is 9.08. The molecule has 25 heavy (non-hydrogen) atoms. The summed E-state index contributed by atoms with van der Waals surface area (Å²) in [5.74, 6) is 3.67. The number of rotatable bonds is 9. The zero-order valence-electron chi connectivity index (χ0n) is 15.6. The Morgan fingerprint density at radius 3 is 2.48 bits per heavy atom. The van der Waals surface area contributed by atoms with E-state index in [1.165, 1.54) is 0 Å². The minimum absolute atomic E-state index is 0.696. The van der Waals surface area contributed by atoms with E-state index < -0.39 is 0 Å². The van der Waals surface area contributed by atoms with Crippen molar-refractivity contribution in [2.24, 2.45) is 0 Å². The Morgan fingerprint density at radius 1 is 1.04 bits per heavy atom. The molecule has 7 nitrogen and oxygen atoms in total. The van der Waals surface area contributed by atoms with Gasteiger partial charge in [-0.15, -0.1) is 0 Å². The summed E-state index contributed by atoms with van der Waals surface area (Å²) in [5, 5.41) is 6.63. The number of aromatic nitrogens is 2. The molecule has 7 heteroatoms. The fourth-order valence-corrected chi connectivity index (χ4v) is 2.38. The number of anilines is 3. The molecule has 0 saturated carbocycles. The summed E-state index contributed by atoms with van der Waals surface area (Å²) in [6, 6.07) is 7.48. The van der Waals surface area contributed by atoms with Crippen molar-refractivity contribution in [2.75, 3.05) is 52.0 Å². The predicted octanol–water partition coefficient (Wildman–Crippen LogP) is 2.91. The Morgan fingerprint density at radius 2 is 1.80 bits per heavy atom. The molecule has 0 saturated heterocycles. The van der Waals surface area contributed by atoms with Crippen LogP contribution in [-0.4, -0.2) is 56.3 Å². The summed E-state index contributed by atoms with van der Waals surface area (Å²) >= 11 is 0. The zero-order valence-corrected chi connectivity index (χ0v) is 15.6. The van der Waals surface area contributed by atoms with Gasteiger partial charge in [-0.25, -0.2) is 9.97 Å². The zero-order chi connectivity index (χ0) is 18.2. The Hall–Kier alpha value is -2.54. The average Bonchev–Trinajstić information content (AvgIpc) is 2.58. The second-order valence-corrected chi connectivity index (χ2v) is 5.96. The van der Waals surface area contributed by atoms with Crippen LogP contribution in [0.25, 0.3) is 0 Å². The third-order valence-corrected chi connectivity index (χ3v) is 3.60. The lowest BCUT2D eigenvalue weighted by molar-refractivity contribution is 0.405. The summed E-state index contributed by atoms with van der Waals surface area (Å²) in [5.41, 5.74) is 0.790. The van der Waals surface area contributed by atoms with Crippen LogP contribution in [0.4, 0.5) is 17.3 Å². The van der Waals surface area contributed by atoms with Gasteiger partial charge in [0.2, 0.25) is 0 Å². The first-order valence-corrected chi connectivity index (χ1v) is 8.25. The normalized spacial score (nSPS) is 10.6. The molecule has 0 bridgehead atoms. The number of hydrogen-bond acceptors (Lipinski definition) is 7. The molecule has 2 rings (SSSR count). The van der Waals surface area contributed by atoms with Crippen LogP contribution in [0.15, 0.2) is 24.3 Å². The van der Waals surface area contributed by atoms with Crippen LogP contribution in [0, 0.1) is 6.92 Å². The first kappa shape index (κ1) is 18.8. The minimum atomic E-state index is 0.696. The number of benzene rings is 1. The fraction of sp³-hybridized carbons (Fsp3) is 0.444. The molecule has 0 radical (unpaired) electrons. The van der Waals surface area contributed by atoms with Gasteiger partial charge in [-0.3, -0.25) is 0 Å². The van der Waals surface area contributed by atoms with E-state index in [0.717, 1.165) is 42.5 Å². The first-order valence-electron chi connectivity index (χ1n) is 8.25. The van der Waals surface area contributed by atoms with E-state index in [1.54, 1.807) is 14.2 Å². The summed E-state index contributed by atoms with van der Waals surface area (Å²) in [6.07, 6.45) is 1.04. The van der Waals surface area contributed by atoms with Gasteiger partial charge in [0.1, 0.15) is 29.0 Å². The van der Waals surface area contributed by atoms with Crippen molar-refractivity contribution in [2.45, 2.75) is 13.3 Å². The highest BCUT2D eigenvalue weighted by Crippen LogP contribution is 2.31. The lowest BCUT2D eigenvalue weighted by atomic mass is 10.2. The van der Waals surface area contributed by atoms with E-state index in [9.17, 15) is 0 Å². The lowest BCUT2D eigenvalue weighted by Gasteiger charge is -2.14. The molecule has 0 aliphatic carbocycles. The molecule has 1 heterocycles. The standard InChI is InChI=1S/C18H27N5O2/c1-13-20-17(19-9-6-10-23(2)3)12-18(21-13)22-15-11-14(24-4)7-8-16(15)25-5/h7-8,11-12H,6,9-10H2,1-5H3,(H2,19,20,21,22). The highest BCUT2D eigenvalue weighted by Gasteiger charge is 2.08. The smallest absolute Gasteiger partial charge is 0.142 e. The SMILES string of the molecule is COc1ccc(OC)c(Nc2cc(NCCCN(C)C)nc(C)n2)c1. The van der Waals surface area contributed by atoms with Crippen LogP contribution in [0.1, 0.15) is 12.2 Å². The van der Waals surface area contributed by atoms with Crippen molar-refractivity contribution in [1.82, 2.24) is 14.9 Å². The highest BCUT2D eigenvalue weighted by atomic mass is 16.5. The number of hydrogen-bond donors (Lipinski definition) is 2. The predicted molar refractivity (Wildman–Crippen MR) is 101 cm³/mol.